The van der Waals surface area contributed by atoms with E-state index in [1.807, 2.05) is 37.3 Å². The maximum Gasteiger partial charge on any atom is 0.242 e. The number of aryl methyl sites for hydroxylation is 1. The summed E-state index contributed by atoms with van der Waals surface area (Å²) < 4.78 is 5.29. The predicted octanol–water partition coefficient (Wildman–Crippen LogP) is 3.79. The van der Waals surface area contributed by atoms with Gasteiger partial charge >= 0.3 is 0 Å². The third-order valence-electron chi connectivity index (χ3n) is 4.70. The molecule has 0 radical (unpaired) electrons. The lowest BCUT2D eigenvalue weighted by Crippen LogP contribution is -2.48. The highest BCUT2D eigenvalue weighted by Gasteiger charge is 2.27. The molecule has 0 fully saturated rings. The number of carbonyl (C=O) groups excluding carboxylic acids is 2. The van der Waals surface area contributed by atoms with E-state index in [0.717, 1.165) is 17.1 Å². The zero-order chi connectivity index (χ0) is 21.2. The van der Waals surface area contributed by atoms with Crippen LogP contribution in [0.4, 0.5) is 0 Å². The number of amides is 2. The number of rotatable bonds is 10. The lowest BCUT2D eigenvalue weighted by Gasteiger charge is -2.30. The highest BCUT2D eigenvalue weighted by Crippen LogP contribution is 2.20. The first-order chi connectivity index (χ1) is 14.0. The number of thioether (sulfide) groups is 1. The van der Waals surface area contributed by atoms with Gasteiger partial charge in [0.15, 0.2) is 0 Å². The molecule has 0 aromatic heterocycles. The van der Waals surface area contributed by atoms with Crippen molar-refractivity contribution in [1.29, 1.82) is 0 Å². The molecule has 2 amide bonds. The Morgan fingerprint density at radius 2 is 1.86 bits per heavy atom. The molecule has 5 nitrogen and oxygen atoms in total. The fourth-order valence-electron chi connectivity index (χ4n) is 3.19. The van der Waals surface area contributed by atoms with Crippen LogP contribution in [0, 0.1) is 6.92 Å². The molecule has 1 atom stereocenters. The third-order valence-corrected chi connectivity index (χ3v) is 5.68. The average molecular weight is 415 g/mol. The van der Waals surface area contributed by atoms with Crippen LogP contribution in [-0.2, 0) is 21.9 Å². The molecule has 6 heteroatoms. The predicted molar refractivity (Wildman–Crippen MR) is 119 cm³/mol. The van der Waals surface area contributed by atoms with Gasteiger partial charge in [-0.2, -0.15) is 0 Å². The number of nitrogens with zero attached hydrogens (tertiary/aromatic N) is 1. The van der Waals surface area contributed by atoms with Crippen LogP contribution in [0.1, 0.15) is 30.0 Å². The van der Waals surface area contributed by atoms with Crippen LogP contribution in [0.25, 0.3) is 0 Å². The van der Waals surface area contributed by atoms with Gasteiger partial charge in [-0.1, -0.05) is 48.9 Å². The van der Waals surface area contributed by atoms with Crippen molar-refractivity contribution in [2.75, 3.05) is 19.9 Å². The second-order valence-electron chi connectivity index (χ2n) is 6.89. The molecule has 0 saturated heterocycles. The number of hydrogen-bond donors (Lipinski definition) is 1. The maximum atomic E-state index is 13.1. The van der Waals surface area contributed by atoms with Crippen molar-refractivity contribution in [3.05, 3.63) is 65.2 Å². The van der Waals surface area contributed by atoms with Crippen molar-refractivity contribution < 1.29 is 14.3 Å². The number of ether oxygens (including phenoxy) is 1. The van der Waals surface area contributed by atoms with Crippen LogP contribution >= 0.6 is 11.8 Å². The van der Waals surface area contributed by atoms with Crippen LogP contribution in [0.5, 0.6) is 5.75 Å². The second kappa shape index (κ2) is 11.5. The Morgan fingerprint density at radius 1 is 1.14 bits per heavy atom. The van der Waals surface area contributed by atoms with Crippen molar-refractivity contribution >= 4 is 23.6 Å². The van der Waals surface area contributed by atoms with E-state index in [1.54, 1.807) is 30.8 Å². The number of hydrogen-bond acceptors (Lipinski definition) is 4. The normalized spacial score (nSPS) is 11.6. The molecule has 0 spiro atoms. The van der Waals surface area contributed by atoms with Gasteiger partial charge in [0, 0.05) is 19.3 Å². The smallest absolute Gasteiger partial charge is 0.242 e. The molecule has 2 aromatic carbocycles. The van der Waals surface area contributed by atoms with E-state index in [9.17, 15) is 9.59 Å². The minimum absolute atomic E-state index is 0.0408. The Kier molecular flexibility index (Phi) is 9.06. The van der Waals surface area contributed by atoms with E-state index < -0.39 is 6.04 Å². The fraction of sp³-hybridized carbons (Fsp3) is 0.391. The van der Waals surface area contributed by atoms with Crippen LogP contribution in [0.3, 0.4) is 0 Å². The van der Waals surface area contributed by atoms with Gasteiger partial charge in [0.25, 0.3) is 0 Å². The number of carbonyl (C=O) groups is 2. The number of likely N-dealkylation sites (N-methyl/N-ethyl adjacent to an activating group) is 1. The summed E-state index contributed by atoms with van der Waals surface area (Å²) in [6, 6.07) is 15.4. The summed E-state index contributed by atoms with van der Waals surface area (Å²) in [6.45, 7) is 4.35. The first-order valence-electron chi connectivity index (χ1n) is 9.75. The van der Waals surface area contributed by atoms with Gasteiger partial charge in [0.1, 0.15) is 11.8 Å². The lowest BCUT2D eigenvalue weighted by molar-refractivity contribution is -0.139. The third kappa shape index (κ3) is 6.82. The second-order valence-corrected chi connectivity index (χ2v) is 7.88. The van der Waals surface area contributed by atoms with Crippen molar-refractivity contribution in [3.8, 4) is 5.75 Å². The molecule has 1 N–H and O–H groups in total. The van der Waals surface area contributed by atoms with Crippen molar-refractivity contribution in [1.82, 2.24) is 10.2 Å². The Bertz CT molecular complexity index is 825. The Balaban J connectivity index is 2.12. The van der Waals surface area contributed by atoms with E-state index in [1.165, 1.54) is 11.1 Å². The van der Waals surface area contributed by atoms with Crippen molar-refractivity contribution in [2.45, 2.75) is 38.6 Å². The maximum absolute atomic E-state index is 13.1. The largest absolute Gasteiger partial charge is 0.497 e. The quantitative estimate of drug-likeness (QED) is 0.643. The van der Waals surface area contributed by atoms with E-state index in [-0.39, 0.29) is 11.8 Å². The Labute approximate surface area is 177 Å². The SMILES string of the molecule is CC[C@H](C(=O)NC)N(Cc1cccc(OC)c1)C(=O)CSCc1cccc(C)c1. The standard InChI is InChI=1S/C23H30N2O3S/c1-5-21(23(27)24-3)25(14-18-9-7-11-20(13-18)28-4)22(26)16-29-15-19-10-6-8-17(2)12-19/h6-13,21H,5,14-16H2,1-4H3,(H,24,27)/t21-/m1/s1. The topological polar surface area (TPSA) is 58.6 Å². The molecule has 0 aliphatic rings. The van der Waals surface area contributed by atoms with Crippen molar-refractivity contribution in [2.24, 2.45) is 0 Å². The van der Waals surface area contributed by atoms with E-state index in [4.69, 9.17) is 4.74 Å². The first kappa shape index (κ1) is 22.8. The molecule has 0 aliphatic carbocycles. The number of benzene rings is 2. The van der Waals surface area contributed by atoms with Gasteiger partial charge in [0.2, 0.25) is 11.8 Å². The Hall–Kier alpha value is -2.47. The van der Waals surface area contributed by atoms with Gasteiger partial charge in [-0.25, -0.2) is 0 Å². The minimum atomic E-state index is -0.502. The highest BCUT2D eigenvalue weighted by atomic mass is 32.2. The van der Waals surface area contributed by atoms with Gasteiger partial charge in [-0.3, -0.25) is 9.59 Å². The monoisotopic (exact) mass is 414 g/mol. The summed E-state index contributed by atoms with van der Waals surface area (Å²) >= 11 is 1.57. The van der Waals surface area contributed by atoms with Gasteiger partial charge in [-0.05, 0) is 36.6 Å². The molecule has 0 aliphatic heterocycles. The molecule has 2 aromatic rings. The van der Waals surface area contributed by atoms with Gasteiger partial charge in [0.05, 0.1) is 12.9 Å². The summed E-state index contributed by atoms with van der Waals surface area (Å²) in [5, 5.41) is 2.68. The lowest BCUT2D eigenvalue weighted by atomic mass is 10.1. The molecular weight excluding hydrogens is 384 g/mol. The molecule has 0 saturated carbocycles. The van der Waals surface area contributed by atoms with Crippen LogP contribution in [-0.4, -0.2) is 42.7 Å². The van der Waals surface area contributed by atoms with Crippen molar-refractivity contribution in [3.63, 3.8) is 0 Å². The van der Waals surface area contributed by atoms with E-state index >= 15 is 0 Å². The summed E-state index contributed by atoms with van der Waals surface area (Å²) in [7, 11) is 3.22. The number of nitrogens with one attached hydrogen (secondary N) is 1. The fourth-order valence-corrected chi connectivity index (χ4v) is 4.05. The molecule has 2 rings (SSSR count). The van der Waals surface area contributed by atoms with E-state index in [2.05, 4.69) is 30.4 Å². The summed E-state index contributed by atoms with van der Waals surface area (Å²) in [5.41, 5.74) is 3.34. The minimum Gasteiger partial charge on any atom is -0.497 e. The van der Waals surface area contributed by atoms with E-state index in [0.29, 0.717) is 18.7 Å². The van der Waals surface area contributed by atoms with Gasteiger partial charge < -0.3 is 15.0 Å². The summed E-state index contributed by atoms with van der Waals surface area (Å²) in [4.78, 5) is 27.1. The van der Waals surface area contributed by atoms with Crippen LogP contribution in [0.2, 0.25) is 0 Å². The van der Waals surface area contributed by atoms with Crippen LogP contribution in [0.15, 0.2) is 48.5 Å². The molecule has 29 heavy (non-hydrogen) atoms. The number of methoxy groups -OCH3 is 1. The molecule has 0 unspecified atom stereocenters. The average Bonchev–Trinajstić information content (AvgIpc) is 2.73. The zero-order valence-corrected chi connectivity index (χ0v) is 18.4. The highest BCUT2D eigenvalue weighted by molar-refractivity contribution is 7.99. The zero-order valence-electron chi connectivity index (χ0n) is 17.6. The Morgan fingerprint density at radius 3 is 2.52 bits per heavy atom. The molecule has 0 heterocycles. The summed E-state index contributed by atoms with van der Waals surface area (Å²) in [6.07, 6.45) is 0.554. The molecule has 156 valence electrons. The van der Waals surface area contributed by atoms with Crippen LogP contribution < -0.4 is 10.1 Å². The molecular formula is C23H30N2O3S. The van der Waals surface area contributed by atoms with Gasteiger partial charge in [-0.15, -0.1) is 11.8 Å². The first-order valence-corrected chi connectivity index (χ1v) is 10.9. The molecule has 0 bridgehead atoms. The summed E-state index contributed by atoms with van der Waals surface area (Å²) in [5.74, 6) is 1.63.